The highest BCUT2D eigenvalue weighted by molar-refractivity contribution is 8.01. The van der Waals surface area contributed by atoms with Gasteiger partial charge < -0.3 is 5.32 Å². The van der Waals surface area contributed by atoms with E-state index in [-0.39, 0.29) is 10.7 Å². The molecular weight excluding hydrogens is 244 g/mol. The zero-order valence-corrected chi connectivity index (χ0v) is 11.9. The summed E-state index contributed by atoms with van der Waals surface area (Å²) in [7, 11) is 0. The zero-order valence-electron chi connectivity index (χ0n) is 11.1. The lowest BCUT2D eigenvalue weighted by Gasteiger charge is -2.31. The van der Waals surface area contributed by atoms with Crippen molar-refractivity contribution < 1.29 is 4.79 Å². The molecule has 0 aromatic heterocycles. The third-order valence-electron chi connectivity index (χ3n) is 4.22. The Balaban J connectivity index is 2.05. The van der Waals surface area contributed by atoms with Crippen LogP contribution in [0, 0.1) is 11.3 Å². The van der Waals surface area contributed by atoms with Crippen molar-refractivity contribution in [3.8, 4) is 6.07 Å². The van der Waals surface area contributed by atoms with Gasteiger partial charge >= 0.3 is 0 Å². The number of hydrogen-bond acceptors (Lipinski definition) is 3. The van der Waals surface area contributed by atoms with Crippen LogP contribution in [0.25, 0.3) is 0 Å². The molecule has 3 nitrogen and oxygen atoms in total. The third-order valence-corrected chi connectivity index (χ3v) is 5.74. The van der Waals surface area contributed by atoms with Gasteiger partial charge in [0.25, 0.3) is 0 Å². The maximum atomic E-state index is 12.4. The van der Waals surface area contributed by atoms with Gasteiger partial charge in [-0.05, 0) is 38.4 Å². The summed E-state index contributed by atoms with van der Waals surface area (Å²) in [4.78, 5) is 12.4. The summed E-state index contributed by atoms with van der Waals surface area (Å²) in [6, 6.07) is 2.39. The molecule has 100 valence electrons. The Labute approximate surface area is 114 Å². The van der Waals surface area contributed by atoms with Crippen LogP contribution in [0.15, 0.2) is 0 Å². The molecular formula is C14H22N2OS. The summed E-state index contributed by atoms with van der Waals surface area (Å²) in [5.74, 6) is 1.14. The molecule has 0 spiro atoms. The van der Waals surface area contributed by atoms with Gasteiger partial charge in [0, 0.05) is 0 Å². The second kappa shape index (κ2) is 5.52. The number of nitriles is 1. The topological polar surface area (TPSA) is 52.9 Å². The average molecular weight is 266 g/mol. The molecule has 0 radical (unpaired) electrons. The number of hydrogen-bond donors (Lipinski definition) is 1. The van der Waals surface area contributed by atoms with Crippen LogP contribution in [0.5, 0.6) is 0 Å². The summed E-state index contributed by atoms with van der Waals surface area (Å²) in [5.41, 5.74) is -0.597. The summed E-state index contributed by atoms with van der Waals surface area (Å²) in [6.45, 7) is 2.02. The van der Waals surface area contributed by atoms with Crippen molar-refractivity contribution in [2.24, 2.45) is 0 Å². The van der Waals surface area contributed by atoms with Crippen molar-refractivity contribution in [1.82, 2.24) is 5.32 Å². The van der Waals surface area contributed by atoms with Crippen LogP contribution < -0.4 is 5.32 Å². The maximum Gasteiger partial charge on any atom is 0.237 e. The smallest absolute Gasteiger partial charge is 0.237 e. The molecule has 1 saturated carbocycles. The number of amides is 1. The molecule has 0 aromatic rings. The predicted molar refractivity (Wildman–Crippen MR) is 74.3 cm³/mol. The first kappa shape index (κ1) is 13.7. The minimum absolute atomic E-state index is 0.0773. The summed E-state index contributed by atoms with van der Waals surface area (Å²) >= 11 is 1.73. The first-order chi connectivity index (χ1) is 8.60. The van der Waals surface area contributed by atoms with E-state index in [1.807, 2.05) is 6.92 Å². The molecule has 1 unspecified atom stereocenters. The van der Waals surface area contributed by atoms with E-state index >= 15 is 0 Å². The molecule has 1 heterocycles. The molecule has 1 N–H and O–H groups in total. The molecule has 2 rings (SSSR count). The Morgan fingerprint density at radius 3 is 2.33 bits per heavy atom. The fourth-order valence-corrected chi connectivity index (χ4v) is 4.11. The number of nitrogens with one attached hydrogen (secondary N) is 1. The second-order valence-corrected chi connectivity index (χ2v) is 7.34. The van der Waals surface area contributed by atoms with E-state index in [0.29, 0.717) is 0 Å². The Hall–Kier alpha value is -0.690. The molecule has 0 bridgehead atoms. The van der Waals surface area contributed by atoms with Crippen LogP contribution >= 0.6 is 11.8 Å². The van der Waals surface area contributed by atoms with Gasteiger partial charge in [0.15, 0.2) is 0 Å². The Kier molecular flexibility index (Phi) is 4.21. The zero-order chi connectivity index (χ0) is 13.1. The van der Waals surface area contributed by atoms with E-state index < -0.39 is 5.54 Å². The lowest BCUT2D eigenvalue weighted by molar-refractivity contribution is -0.124. The molecule has 1 saturated heterocycles. The molecule has 1 aliphatic heterocycles. The number of carbonyl (C=O) groups is 1. The van der Waals surface area contributed by atoms with Crippen LogP contribution in [0.4, 0.5) is 0 Å². The number of thioether (sulfide) groups is 1. The molecule has 2 fully saturated rings. The lowest BCUT2D eigenvalue weighted by Crippen LogP contribution is -2.53. The van der Waals surface area contributed by atoms with Gasteiger partial charge in [-0.1, -0.05) is 25.7 Å². The summed E-state index contributed by atoms with van der Waals surface area (Å²) < 4.78 is -0.309. The predicted octanol–water partition coefficient (Wildman–Crippen LogP) is 3.00. The molecule has 2 aliphatic rings. The quantitative estimate of drug-likeness (QED) is 0.782. The fourth-order valence-electron chi connectivity index (χ4n) is 2.90. The normalized spacial score (nSPS) is 31.3. The highest BCUT2D eigenvalue weighted by Gasteiger charge is 2.42. The van der Waals surface area contributed by atoms with Crippen LogP contribution in [0.1, 0.15) is 58.3 Å². The van der Waals surface area contributed by atoms with Crippen LogP contribution in [0.3, 0.4) is 0 Å². The SMILES string of the molecule is CC1(C(=O)NC2(C#N)CCCCCC2)CCCS1. The van der Waals surface area contributed by atoms with Crippen molar-refractivity contribution in [3.05, 3.63) is 0 Å². The lowest BCUT2D eigenvalue weighted by atomic mass is 9.90. The van der Waals surface area contributed by atoms with Crippen molar-refractivity contribution in [2.75, 3.05) is 5.75 Å². The van der Waals surface area contributed by atoms with Gasteiger partial charge in [-0.25, -0.2) is 0 Å². The highest BCUT2D eigenvalue weighted by Crippen LogP contribution is 2.39. The summed E-state index contributed by atoms with van der Waals surface area (Å²) in [5, 5.41) is 12.6. The average Bonchev–Trinajstić information content (AvgIpc) is 2.68. The van der Waals surface area contributed by atoms with E-state index in [2.05, 4.69) is 11.4 Å². The first-order valence-corrected chi connectivity index (χ1v) is 7.97. The largest absolute Gasteiger partial charge is 0.337 e. The first-order valence-electron chi connectivity index (χ1n) is 6.98. The van der Waals surface area contributed by atoms with E-state index in [1.165, 1.54) is 12.8 Å². The molecule has 1 aliphatic carbocycles. The third kappa shape index (κ3) is 2.83. The minimum Gasteiger partial charge on any atom is -0.337 e. The van der Waals surface area contributed by atoms with E-state index in [1.54, 1.807) is 11.8 Å². The summed E-state index contributed by atoms with van der Waals surface area (Å²) in [6.07, 6.45) is 8.15. The molecule has 1 amide bonds. The molecule has 0 aromatic carbocycles. The minimum atomic E-state index is -0.597. The second-order valence-electron chi connectivity index (χ2n) is 5.75. The van der Waals surface area contributed by atoms with Crippen molar-refractivity contribution in [3.63, 3.8) is 0 Å². The number of rotatable bonds is 2. The van der Waals surface area contributed by atoms with Gasteiger partial charge in [-0.2, -0.15) is 5.26 Å². The van der Waals surface area contributed by atoms with E-state index in [0.717, 1.165) is 44.3 Å². The van der Waals surface area contributed by atoms with Crippen LogP contribution in [0.2, 0.25) is 0 Å². The molecule has 4 heteroatoms. The molecule has 18 heavy (non-hydrogen) atoms. The highest BCUT2D eigenvalue weighted by atomic mass is 32.2. The van der Waals surface area contributed by atoms with Gasteiger partial charge in [0.05, 0.1) is 10.8 Å². The van der Waals surface area contributed by atoms with Gasteiger partial charge in [0.1, 0.15) is 5.54 Å². The van der Waals surface area contributed by atoms with Crippen LogP contribution in [-0.4, -0.2) is 21.9 Å². The Morgan fingerprint density at radius 1 is 1.17 bits per heavy atom. The number of nitrogens with zero attached hydrogens (tertiary/aromatic N) is 1. The van der Waals surface area contributed by atoms with Gasteiger partial charge in [-0.15, -0.1) is 11.8 Å². The van der Waals surface area contributed by atoms with Crippen LogP contribution in [-0.2, 0) is 4.79 Å². The van der Waals surface area contributed by atoms with Crippen molar-refractivity contribution in [2.45, 2.75) is 68.6 Å². The fraction of sp³-hybridized carbons (Fsp3) is 0.857. The number of carbonyl (C=O) groups excluding carboxylic acids is 1. The Morgan fingerprint density at radius 2 is 1.83 bits per heavy atom. The van der Waals surface area contributed by atoms with E-state index in [4.69, 9.17) is 0 Å². The van der Waals surface area contributed by atoms with Crippen molar-refractivity contribution >= 4 is 17.7 Å². The molecule has 1 atom stereocenters. The Bertz CT molecular complexity index is 347. The van der Waals surface area contributed by atoms with E-state index in [9.17, 15) is 10.1 Å². The van der Waals surface area contributed by atoms with Crippen molar-refractivity contribution in [1.29, 1.82) is 5.26 Å². The standard InChI is InChI=1S/C14H22N2OS/c1-13(7-6-10-18-13)12(17)16-14(11-15)8-4-2-3-5-9-14/h2-10H2,1H3,(H,16,17). The maximum absolute atomic E-state index is 12.4. The van der Waals surface area contributed by atoms with Gasteiger partial charge in [-0.3, -0.25) is 4.79 Å². The monoisotopic (exact) mass is 266 g/mol. The van der Waals surface area contributed by atoms with Gasteiger partial charge in [0.2, 0.25) is 5.91 Å².